The molecule has 1 unspecified atom stereocenters. The molecule has 2 N–H and O–H groups in total. The highest BCUT2D eigenvalue weighted by Gasteiger charge is 2.30. The molecule has 0 aliphatic heterocycles. The van der Waals surface area contributed by atoms with Gasteiger partial charge in [-0.2, -0.15) is 13.2 Å². The Labute approximate surface area is 160 Å². The van der Waals surface area contributed by atoms with Gasteiger partial charge in [0.2, 0.25) is 10.0 Å². The van der Waals surface area contributed by atoms with Crippen LogP contribution in [0.25, 0.3) is 10.9 Å². The minimum Gasteiger partial charge on any atom is -0.387 e. The van der Waals surface area contributed by atoms with Gasteiger partial charge >= 0.3 is 6.18 Å². The lowest BCUT2D eigenvalue weighted by Crippen LogP contribution is -2.29. The zero-order valence-corrected chi connectivity index (χ0v) is 15.8. The Bertz CT molecular complexity index is 1070. The second-order valence-electron chi connectivity index (χ2n) is 6.56. The van der Waals surface area contributed by atoms with Crippen LogP contribution in [0.1, 0.15) is 22.8 Å². The lowest BCUT2D eigenvalue weighted by Gasteiger charge is -2.13. The maximum Gasteiger partial charge on any atom is 0.416 e. The molecule has 28 heavy (non-hydrogen) atoms. The largest absolute Gasteiger partial charge is 0.416 e. The Morgan fingerprint density at radius 2 is 1.79 bits per heavy atom. The number of hydrogen-bond donors (Lipinski definition) is 2. The predicted octanol–water partition coefficient (Wildman–Crippen LogP) is 3.35. The molecule has 0 bridgehead atoms. The van der Waals surface area contributed by atoms with Gasteiger partial charge < -0.3 is 9.67 Å². The average molecular weight is 412 g/mol. The Balaban J connectivity index is 1.63. The summed E-state index contributed by atoms with van der Waals surface area (Å²) in [5.74, 6) is -0.477. The van der Waals surface area contributed by atoms with E-state index in [0.29, 0.717) is 5.56 Å². The summed E-state index contributed by atoms with van der Waals surface area (Å²) in [6, 6.07) is 11.2. The zero-order valence-electron chi connectivity index (χ0n) is 14.9. The van der Waals surface area contributed by atoms with Crippen LogP contribution in [0, 0.1) is 0 Å². The number of alkyl halides is 3. The lowest BCUT2D eigenvalue weighted by atomic mass is 10.1. The molecule has 9 heteroatoms. The maximum atomic E-state index is 12.6. The average Bonchev–Trinajstić information content (AvgIpc) is 2.99. The van der Waals surface area contributed by atoms with E-state index in [1.165, 1.54) is 0 Å². The first kappa shape index (κ1) is 20.4. The first-order valence-electron chi connectivity index (χ1n) is 8.42. The smallest absolute Gasteiger partial charge is 0.387 e. The number of aliphatic hydroxyl groups is 1. The molecule has 0 saturated carbocycles. The lowest BCUT2D eigenvalue weighted by molar-refractivity contribution is -0.137. The fourth-order valence-corrected chi connectivity index (χ4v) is 4.04. The summed E-state index contributed by atoms with van der Waals surface area (Å²) in [6.07, 6.45) is -3.64. The fraction of sp³-hybridized carbons (Fsp3) is 0.263. The third-order valence-electron chi connectivity index (χ3n) is 4.43. The summed E-state index contributed by atoms with van der Waals surface area (Å²) in [7, 11) is -1.92. The summed E-state index contributed by atoms with van der Waals surface area (Å²) in [5, 5.41) is 11.2. The maximum absolute atomic E-state index is 12.6. The molecule has 0 amide bonds. The molecule has 3 aromatic rings. The van der Waals surface area contributed by atoms with E-state index < -0.39 is 33.6 Å². The summed E-state index contributed by atoms with van der Waals surface area (Å²) < 4.78 is 66.3. The van der Waals surface area contributed by atoms with E-state index in [1.807, 2.05) is 29.9 Å². The van der Waals surface area contributed by atoms with Gasteiger partial charge in [0.05, 0.1) is 17.4 Å². The predicted molar refractivity (Wildman–Crippen MR) is 99.9 cm³/mol. The van der Waals surface area contributed by atoms with Crippen molar-refractivity contribution in [3.63, 3.8) is 0 Å². The number of nitrogens with one attached hydrogen (secondary N) is 1. The summed E-state index contributed by atoms with van der Waals surface area (Å²) in [4.78, 5) is 0. The number of benzene rings is 2. The Morgan fingerprint density at radius 1 is 1.11 bits per heavy atom. The van der Waals surface area contributed by atoms with Gasteiger partial charge in [-0.15, -0.1) is 0 Å². The van der Waals surface area contributed by atoms with E-state index in [-0.39, 0.29) is 12.1 Å². The van der Waals surface area contributed by atoms with Gasteiger partial charge in [0.1, 0.15) is 0 Å². The molecule has 0 aliphatic carbocycles. The van der Waals surface area contributed by atoms with E-state index >= 15 is 0 Å². The van der Waals surface area contributed by atoms with Gasteiger partial charge in [-0.25, -0.2) is 13.1 Å². The van der Waals surface area contributed by atoms with Crippen LogP contribution in [-0.4, -0.2) is 24.6 Å². The number of fused-ring (bicyclic) bond motifs is 1. The van der Waals surface area contributed by atoms with Crippen molar-refractivity contribution in [2.45, 2.75) is 18.0 Å². The number of hydrogen-bond acceptors (Lipinski definition) is 3. The highest BCUT2D eigenvalue weighted by atomic mass is 32.2. The van der Waals surface area contributed by atoms with Crippen LogP contribution >= 0.6 is 0 Å². The molecular formula is C19H19F3N2O3S. The first-order valence-corrected chi connectivity index (χ1v) is 10.1. The number of nitrogens with zero attached hydrogens (tertiary/aromatic N) is 1. The molecule has 0 radical (unpaired) electrons. The number of sulfonamides is 1. The van der Waals surface area contributed by atoms with Crippen molar-refractivity contribution in [2.75, 3.05) is 6.54 Å². The van der Waals surface area contributed by atoms with Crippen molar-refractivity contribution in [3.8, 4) is 0 Å². The van der Waals surface area contributed by atoms with Gasteiger partial charge in [0, 0.05) is 25.3 Å². The minimum absolute atomic E-state index is 0.223. The third-order valence-corrected chi connectivity index (χ3v) is 5.75. The second kappa shape index (κ2) is 7.57. The molecule has 3 rings (SSSR count). The van der Waals surface area contributed by atoms with E-state index in [2.05, 4.69) is 4.72 Å². The van der Waals surface area contributed by atoms with Crippen molar-refractivity contribution >= 4 is 20.9 Å². The Kier molecular flexibility index (Phi) is 5.51. The van der Waals surface area contributed by atoms with E-state index in [4.69, 9.17) is 0 Å². The number of aromatic nitrogens is 1. The summed E-state index contributed by atoms with van der Waals surface area (Å²) in [6.45, 7) is -0.235. The van der Waals surface area contributed by atoms with Crippen LogP contribution < -0.4 is 4.72 Å². The van der Waals surface area contributed by atoms with E-state index in [0.717, 1.165) is 35.2 Å². The topological polar surface area (TPSA) is 71.3 Å². The molecule has 5 nitrogen and oxygen atoms in total. The van der Waals surface area contributed by atoms with Crippen LogP contribution in [0.4, 0.5) is 13.2 Å². The quantitative estimate of drug-likeness (QED) is 0.652. The molecule has 0 fully saturated rings. The molecule has 0 aliphatic rings. The van der Waals surface area contributed by atoms with Crippen LogP contribution in [0.2, 0.25) is 0 Å². The van der Waals surface area contributed by atoms with E-state index in [9.17, 15) is 26.7 Å². The monoisotopic (exact) mass is 412 g/mol. The molecule has 1 aromatic heterocycles. The Morgan fingerprint density at radius 3 is 2.43 bits per heavy atom. The molecular weight excluding hydrogens is 393 g/mol. The number of aliphatic hydroxyl groups excluding tert-OH is 1. The Hall–Kier alpha value is -2.36. The van der Waals surface area contributed by atoms with Crippen LogP contribution in [0.5, 0.6) is 0 Å². The standard InChI is InChI=1S/C19H19F3N2O3S/c1-24-9-8-14-10-15(4-7-17(14)24)18(25)11-23-28(26,27)12-13-2-5-16(6-3-13)19(20,21)22/h2-10,18,23,25H,11-12H2,1H3. The summed E-state index contributed by atoms with van der Waals surface area (Å²) in [5.41, 5.74) is 0.934. The van der Waals surface area contributed by atoms with Crippen LogP contribution in [0.15, 0.2) is 54.7 Å². The van der Waals surface area contributed by atoms with Gasteiger partial charge in [-0.05, 0) is 46.8 Å². The molecule has 0 spiro atoms. The number of aryl methyl sites for hydroxylation is 1. The normalized spacial score (nSPS) is 13.8. The second-order valence-corrected chi connectivity index (χ2v) is 8.37. The number of rotatable bonds is 6. The van der Waals surface area contributed by atoms with E-state index in [1.54, 1.807) is 12.1 Å². The number of halogens is 3. The van der Waals surface area contributed by atoms with Crippen LogP contribution in [0.3, 0.4) is 0 Å². The highest BCUT2D eigenvalue weighted by Crippen LogP contribution is 2.29. The molecule has 150 valence electrons. The van der Waals surface area contributed by atoms with Gasteiger partial charge in [-0.3, -0.25) is 0 Å². The van der Waals surface area contributed by atoms with Crippen LogP contribution in [-0.2, 0) is 29.0 Å². The van der Waals surface area contributed by atoms with Crippen molar-refractivity contribution < 1.29 is 26.7 Å². The van der Waals surface area contributed by atoms with Crippen molar-refractivity contribution in [1.29, 1.82) is 0 Å². The highest BCUT2D eigenvalue weighted by molar-refractivity contribution is 7.88. The van der Waals surface area contributed by atoms with Gasteiger partial charge in [0.15, 0.2) is 0 Å². The minimum atomic E-state index is -4.47. The zero-order chi connectivity index (χ0) is 20.5. The first-order chi connectivity index (χ1) is 13.0. The summed E-state index contributed by atoms with van der Waals surface area (Å²) >= 11 is 0. The van der Waals surface area contributed by atoms with Gasteiger partial charge in [0.25, 0.3) is 0 Å². The SMILES string of the molecule is Cn1ccc2cc(C(O)CNS(=O)(=O)Cc3ccc(C(F)(F)F)cc3)ccc21. The van der Waals surface area contributed by atoms with Crippen molar-refractivity contribution in [2.24, 2.45) is 7.05 Å². The van der Waals surface area contributed by atoms with Gasteiger partial charge in [-0.1, -0.05) is 18.2 Å². The fourth-order valence-electron chi connectivity index (χ4n) is 2.89. The molecule has 1 heterocycles. The van der Waals surface area contributed by atoms with Crippen molar-refractivity contribution in [1.82, 2.24) is 9.29 Å². The molecule has 1 atom stereocenters. The third kappa shape index (κ3) is 4.73. The molecule has 2 aromatic carbocycles. The van der Waals surface area contributed by atoms with Crippen molar-refractivity contribution in [3.05, 3.63) is 71.4 Å². The molecule has 0 saturated heterocycles.